The molecule has 0 saturated carbocycles. The molecule has 1 aromatic carbocycles. The minimum Gasteiger partial charge on any atom is -0.320 e. The van der Waals surface area contributed by atoms with E-state index in [1.54, 1.807) is 13.1 Å². The molecule has 0 radical (unpaired) electrons. The quantitative estimate of drug-likeness (QED) is 0.926. The first-order chi connectivity index (χ1) is 8.16. The Morgan fingerprint density at radius 1 is 1.29 bits per heavy atom. The number of aryl methyl sites for hydroxylation is 1. The van der Waals surface area contributed by atoms with Crippen molar-refractivity contribution in [1.29, 1.82) is 0 Å². The van der Waals surface area contributed by atoms with Gasteiger partial charge in [0.1, 0.15) is 5.69 Å². The van der Waals surface area contributed by atoms with E-state index in [-0.39, 0.29) is 5.91 Å². The number of rotatable bonds is 2. The van der Waals surface area contributed by atoms with E-state index in [9.17, 15) is 4.79 Å². The monoisotopic (exact) mass is 291 g/mol. The average molecular weight is 292 g/mol. The molecule has 0 saturated heterocycles. The maximum Gasteiger partial charge on any atom is 0.275 e. The number of nitrogens with zero attached hydrogens (tertiary/aromatic N) is 2. The van der Waals surface area contributed by atoms with Gasteiger partial charge in [-0.2, -0.15) is 0 Å². The molecule has 86 valence electrons. The summed E-state index contributed by atoms with van der Waals surface area (Å²) in [5.41, 5.74) is 1.73. The summed E-state index contributed by atoms with van der Waals surface area (Å²) in [5, 5.41) is 2.77. The van der Waals surface area contributed by atoms with Gasteiger partial charge in [0.05, 0.1) is 17.6 Å². The Labute approximate surface area is 107 Å². The van der Waals surface area contributed by atoms with E-state index in [4.69, 9.17) is 0 Å². The topological polar surface area (TPSA) is 54.9 Å². The molecule has 1 heterocycles. The van der Waals surface area contributed by atoms with E-state index in [1.165, 1.54) is 6.20 Å². The smallest absolute Gasteiger partial charge is 0.275 e. The highest BCUT2D eigenvalue weighted by molar-refractivity contribution is 9.10. The highest BCUT2D eigenvalue weighted by Gasteiger charge is 2.09. The normalized spacial score (nSPS) is 10.0. The molecule has 0 aliphatic rings. The number of hydrogen-bond donors (Lipinski definition) is 1. The summed E-state index contributed by atoms with van der Waals surface area (Å²) in [5.74, 6) is -0.270. The molecule has 0 unspecified atom stereocenters. The maximum atomic E-state index is 11.9. The van der Waals surface area contributed by atoms with Gasteiger partial charge in [0.15, 0.2) is 0 Å². The fourth-order valence-electron chi connectivity index (χ4n) is 1.32. The molecule has 0 spiro atoms. The van der Waals surface area contributed by atoms with Crippen LogP contribution in [0.15, 0.2) is 41.1 Å². The molecule has 0 bridgehead atoms. The van der Waals surface area contributed by atoms with Crippen LogP contribution in [0.3, 0.4) is 0 Å². The van der Waals surface area contributed by atoms with Crippen molar-refractivity contribution in [2.75, 3.05) is 5.32 Å². The van der Waals surface area contributed by atoms with Crippen LogP contribution in [0.2, 0.25) is 0 Å². The highest BCUT2D eigenvalue weighted by atomic mass is 79.9. The van der Waals surface area contributed by atoms with Gasteiger partial charge in [-0.25, -0.2) is 4.98 Å². The molecule has 2 aromatic rings. The molecule has 1 aromatic heterocycles. The molecule has 5 heteroatoms. The van der Waals surface area contributed by atoms with Gasteiger partial charge in [0.2, 0.25) is 0 Å². The van der Waals surface area contributed by atoms with Crippen LogP contribution >= 0.6 is 15.9 Å². The van der Waals surface area contributed by atoms with Crippen LogP contribution in [-0.2, 0) is 0 Å². The predicted molar refractivity (Wildman–Crippen MR) is 68.9 cm³/mol. The lowest BCUT2D eigenvalue weighted by atomic mass is 10.3. The summed E-state index contributed by atoms with van der Waals surface area (Å²) in [7, 11) is 0. The van der Waals surface area contributed by atoms with E-state index in [1.807, 2.05) is 24.3 Å². The number of amides is 1. The standard InChI is InChI=1S/C12H10BrN3O/c1-8-6-14-7-11(15-8)12(17)16-10-5-3-2-4-9(10)13/h2-7H,1H3,(H,16,17). The van der Waals surface area contributed by atoms with Gasteiger partial charge in [0.25, 0.3) is 5.91 Å². The fraction of sp³-hybridized carbons (Fsp3) is 0.0833. The Morgan fingerprint density at radius 2 is 2.06 bits per heavy atom. The van der Waals surface area contributed by atoms with Crippen molar-refractivity contribution in [3.05, 3.63) is 52.5 Å². The van der Waals surface area contributed by atoms with Gasteiger partial charge in [-0.15, -0.1) is 0 Å². The van der Waals surface area contributed by atoms with Gasteiger partial charge in [-0.05, 0) is 35.0 Å². The molecule has 4 nitrogen and oxygen atoms in total. The van der Waals surface area contributed by atoms with Gasteiger partial charge < -0.3 is 5.32 Å². The van der Waals surface area contributed by atoms with Crippen molar-refractivity contribution in [3.63, 3.8) is 0 Å². The molecule has 1 N–H and O–H groups in total. The molecule has 0 atom stereocenters. The van der Waals surface area contributed by atoms with Crippen molar-refractivity contribution in [1.82, 2.24) is 9.97 Å². The second kappa shape index (κ2) is 5.05. The van der Waals surface area contributed by atoms with Crippen LogP contribution in [0.5, 0.6) is 0 Å². The first-order valence-corrected chi connectivity index (χ1v) is 5.80. The number of anilines is 1. The molecular weight excluding hydrogens is 282 g/mol. The van der Waals surface area contributed by atoms with Crippen molar-refractivity contribution >= 4 is 27.5 Å². The predicted octanol–water partition coefficient (Wildman–Crippen LogP) is 2.80. The largest absolute Gasteiger partial charge is 0.320 e. The molecule has 0 fully saturated rings. The summed E-state index contributed by atoms with van der Waals surface area (Å²) in [6, 6.07) is 7.40. The van der Waals surface area contributed by atoms with E-state index in [0.29, 0.717) is 17.1 Å². The lowest BCUT2D eigenvalue weighted by Crippen LogP contribution is -2.14. The van der Waals surface area contributed by atoms with Gasteiger partial charge >= 0.3 is 0 Å². The van der Waals surface area contributed by atoms with E-state index >= 15 is 0 Å². The Bertz CT molecular complexity index is 557. The number of carbonyl (C=O) groups is 1. The molecule has 2 rings (SSSR count). The summed E-state index contributed by atoms with van der Waals surface area (Å²) >= 11 is 3.36. The fourth-order valence-corrected chi connectivity index (χ4v) is 1.71. The second-order valence-electron chi connectivity index (χ2n) is 3.48. The number of benzene rings is 1. The molecule has 0 aliphatic heterocycles. The Balaban J connectivity index is 2.20. The minimum absolute atomic E-state index is 0.270. The number of para-hydroxylation sites is 1. The van der Waals surface area contributed by atoms with Crippen molar-refractivity contribution in [2.24, 2.45) is 0 Å². The minimum atomic E-state index is -0.270. The Hall–Kier alpha value is -1.75. The zero-order valence-electron chi connectivity index (χ0n) is 9.14. The number of halogens is 1. The second-order valence-corrected chi connectivity index (χ2v) is 4.33. The average Bonchev–Trinajstić information content (AvgIpc) is 2.32. The lowest BCUT2D eigenvalue weighted by molar-refractivity contribution is 0.102. The summed E-state index contributed by atoms with van der Waals surface area (Å²) < 4.78 is 0.828. The zero-order valence-corrected chi connectivity index (χ0v) is 10.7. The van der Waals surface area contributed by atoms with Gasteiger partial charge in [-0.1, -0.05) is 12.1 Å². The zero-order chi connectivity index (χ0) is 12.3. The number of nitrogens with one attached hydrogen (secondary N) is 1. The highest BCUT2D eigenvalue weighted by Crippen LogP contribution is 2.21. The third kappa shape index (κ3) is 2.88. The summed E-state index contributed by atoms with van der Waals surface area (Å²) in [6.07, 6.45) is 3.05. The SMILES string of the molecule is Cc1cncc(C(=O)Nc2ccccc2Br)n1. The Kier molecular flexibility index (Phi) is 3.49. The Morgan fingerprint density at radius 3 is 2.76 bits per heavy atom. The van der Waals surface area contributed by atoms with Crippen molar-refractivity contribution < 1.29 is 4.79 Å². The van der Waals surface area contributed by atoms with Crippen LogP contribution in [0.25, 0.3) is 0 Å². The molecular formula is C12H10BrN3O. The van der Waals surface area contributed by atoms with Crippen LogP contribution < -0.4 is 5.32 Å². The number of carbonyl (C=O) groups excluding carboxylic acids is 1. The third-order valence-electron chi connectivity index (χ3n) is 2.11. The van der Waals surface area contributed by atoms with E-state index in [0.717, 1.165) is 4.47 Å². The van der Waals surface area contributed by atoms with Crippen molar-refractivity contribution in [3.8, 4) is 0 Å². The summed E-state index contributed by atoms with van der Waals surface area (Å²) in [4.78, 5) is 19.9. The first-order valence-electron chi connectivity index (χ1n) is 5.01. The molecule has 17 heavy (non-hydrogen) atoms. The lowest BCUT2D eigenvalue weighted by Gasteiger charge is -2.06. The van der Waals surface area contributed by atoms with Crippen LogP contribution in [0.1, 0.15) is 16.2 Å². The molecule has 1 amide bonds. The maximum absolute atomic E-state index is 11.9. The van der Waals surface area contributed by atoms with Crippen LogP contribution in [0.4, 0.5) is 5.69 Å². The third-order valence-corrected chi connectivity index (χ3v) is 2.80. The van der Waals surface area contributed by atoms with Gasteiger partial charge in [-0.3, -0.25) is 9.78 Å². The summed E-state index contributed by atoms with van der Waals surface area (Å²) in [6.45, 7) is 1.79. The van der Waals surface area contributed by atoms with Gasteiger partial charge in [0, 0.05) is 10.7 Å². The molecule has 0 aliphatic carbocycles. The van der Waals surface area contributed by atoms with E-state index in [2.05, 4.69) is 31.2 Å². The van der Waals surface area contributed by atoms with Crippen LogP contribution in [-0.4, -0.2) is 15.9 Å². The first kappa shape index (κ1) is 11.7. The number of hydrogen-bond acceptors (Lipinski definition) is 3. The van der Waals surface area contributed by atoms with Crippen molar-refractivity contribution in [2.45, 2.75) is 6.92 Å². The number of aromatic nitrogens is 2. The van der Waals surface area contributed by atoms with E-state index < -0.39 is 0 Å². The van der Waals surface area contributed by atoms with Crippen LogP contribution in [0, 0.1) is 6.92 Å².